The van der Waals surface area contributed by atoms with E-state index >= 15 is 0 Å². The summed E-state index contributed by atoms with van der Waals surface area (Å²) >= 11 is 0. The van der Waals surface area contributed by atoms with Gasteiger partial charge in [0.15, 0.2) is 0 Å². The van der Waals surface area contributed by atoms with Crippen LogP contribution >= 0.6 is 0 Å². The number of hydrogen-bond acceptors (Lipinski definition) is 5. The lowest BCUT2D eigenvalue weighted by molar-refractivity contribution is -0.138. The van der Waals surface area contributed by atoms with Gasteiger partial charge < -0.3 is 14.6 Å². The van der Waals surface area contributed by atoms with Gasteiger partial charge in [0.2, 0.25) is 0 Å². The predicted molar refractivity (Wildman–Crippen MR) is 137 cm³/mol. The van der Waals surface area contributed by atoms with Crippen molar-refractivity contribution in [1.29, 1.82) is 0 Å². The Balaban J connectivity index is 0.00000226. The summed E-state index contributed by atoms with van der Waals surface area (Å²) in [5.41, 5.74) is -1.13. The number of carboxylic acid groups (broad SMARTS) is 1. The van der Waals surface area contributed by atoms with E-state index < -0.39 is 63.5 Å². The van der Waals surface area contributed by atoms with Crippen molar-refractivity contribution >= 4 is 21.7 Å². The van der Waals surface area contributed by atoms with Crippen molar-refractivity contribution in [3.8, 4) is 22.6 Å². The van der Waals surface area contributed by atoms with E-state index in [2.05, 4.69) is 4.74 Å². The summed E-state index contributed by atoms with van der Waals surface area (Å²) in [6.07, 6.45) is -6.25. The van der Waals surface area contributed by atoms with Crippen molar-refractivity contribution in [3.05, 3.63) is 72.0 Å². The summed E-state index contributed by atoms with van der Waals surface area (Å²) in [7, 11) is -4.65. The maximum absolute atomic E-state index is 14.1. The Kier molecular flexibility index (Phi) is 9.79. The molecule has 14 heteroatoms. The van der Waals surface area contributed by atoms with Crippen molar-refractivity contribution < 1.29 is 54.1 Å². The van der Waals surface area contributed by atoms with Gasteiger partial charge in [0.25, 0.3) is 10.0 Å². The van der Waals surface area contributed by atoms with Gasteiger partial charge in [-0.25, -0.2) is 12.8 Å². The van der Waals surface area contributed by atoms with Gasteiger partial charge in [0.1, 0.15) is 23.4 Å². The first-order chi connectivity index (χ1) is 19.2. The number of hydrogen-bond donors (Lipinski definition) is 1. The molecule has 7 nitrogen and oxygen atoms in total. The summed E-state index contributed by atoms with van der Waals surface area (Å²) in [5.74, 6) is -2.60. The molecule has 1 atom stereocenters. The fraction of sp³-hybridized carbons (Fsp3) is 0.296. The third-order valence-electron chi connectivity index (χ3n) is 5.75. The van der Waals surface area contributed by atoms with Gasteiger partial charge in [0.05, 0.1) is 22.7 Å². The molecule has 3 aromatic rings. The van der Waals surface area contributed by atoms with Crippen LogP contribution in [0.4, 0.5) is 32.0 Å². The SMILES string of the molecule is CC.O=C(O)CCC1CN(S(=O)(=O)c2cccc(C(F)(F)F)c2)c2cc(-c3cc(F)cc(OC(F)F)c3)ccc2O1. The van der Waals surface area contributed by atoms with Gasteiger partial charge in [-0.2, -0.15) is 22.0 Å². The lowest BCUT2D eigenvalue weighted by Gasteiger charge is -2.36. The van der Waals surface area contributed by atoms with E-state index in [0.717, 1.165) is 34.6 Å². The first-order valence-electron chi connectivity index (χ1n) is 12.2. The van der Waals surface area contributed by atoms with Crippen molar-refractivity contribution in [2.75, 3.05) is 10.8 Å². The van der Waals surface area contributed by atoms with Crippen molar-refractivity contribution in [3.63, 3.8) is 0 Å². The Labute approximate surface area is 232 Å². The van der Waals surface area contributed by atoms with Crippen LogP contribution in [0.1, 0.15) is 32.3 Å². The molecule has 0 aliphatic carbocycles. The highest BCUT2D eigenvalue weighted by molar-refractivity contribution is 7.92. The number of alkyl halides is 5. The first kappa shape index (κ1) is 31.6. The molecule has 0 saturated heterocycles. The molecule has 41 heavy (non-hydrogen) atoms. The molecule has 0 bridgehead atoms. The third kappa shape index (κ3) is 7.63. The molecule has 1 aliphatic rings. The maximum Gasteiger partial charge on any atom is 0.416 e. The molecule has 1 aliphatic heterocycles. The molecule has 0 spiro atoms. The van der Waals surface area contributed by atoms with E-state index in [9.17, 15) is 39.6 Å². The maximum atomic E-state index is 14.1. The minimum Gasteiger partial charge on any atom is -0.486 e. The van der Waals surface area contributed by atoms with E-state index in [-0.39, 0.29) is 35.4 Å². The Bertz CT molecular complexity index is 1500. The predicted octanol–water partition coefficient (Wildman–Crippen LogP) is 6.96. The van der Waals surface area contributed by atoms with Crippen LogP contribution in [0.3, 0.4) is 0 Å². The zero-order chi connectivity index (χ0) is 30.5. The summed E-state index contributed by atoms with van der Waals surface area (Å²) < 4.78 is 117. The number of aliphatic carboxylic acids is 1. The molecule has 0 radical (unpaired) electrons. The zero-order valence-electron chi connectivity index (χ0n) is 21.7. The molecule has 0 amide bonds. The molecular weight excluding hydrogens is 580 g/mol. The average molecular weight is 606 g/mol. The molecule has 1 N–H and O–H groups in total. The monoisotopic (exact) mass is 605 g/mol. The Hall–Kier alpha value is -3.94. The van der Waals surface area contributed by atoms with Crippen LogP contribution in [-0.2, 0) is 21.0 Å². The van der Waals surface area contributed by atoms with Gasteiger partial charge in [-0.1, -0.05) is 26.0 Å². The fourth-order valence-corrected chi connectivity index (χ4v) is 5.56. The third-order valence-corrected chi connectivity index (χ3v) is 7.53. The second kappa shape index (κ2) is 12.7. The number of halogens is 6. The van der Waals surface area contributed by atoms with Crippen LogP contribution in [0, 0.1) is 5.82 Å². The number of ether oxygens (including phenoxy) is 2. The molecule has 4 rings (SSSR count). The van der Waals surface area contributed by atoms with Crippen LogP contribution in [0.2, 0.25) is 0 Å². The Morgan fingerprint density at radius 2 is 1.78 bits per heavy atom. The number of benzene rings is 3. The minimum absolute atomic E-state index is 0.0311. The molecular formula is C27H25F6NO6S. The number of carbonyl (C=O) groups is 1. The largest absolute Gasteiger partial charge is 0.486 e. The Morgan fingerprint density at radius 3 is 2.41 bits per heavy atom. The number of fused-ring (bicyclic) bond motifs is 1. The molecule has 0 aromatic heterocycles. The molecule has 0 fully saturated rings. The zero-order valence-corrected chi connectivity index (χ0v) is 22.5. The lowest BCUT2D eigenvalue weighted by atomic mass is 10.0. The second-order valence-corrected chi connectivity index (χ2v) is 10.3. The summed E-state index contributed by atoms with van der Waals surface area (Å²) in [6, 6.07) is 9.86. The second-order valence-electron chi connectivity index (χ2n) is 8.47. The van der Waals surface area contributed by atoms with E-state index in [1.807, 2.05) is 13.8 Å². The smallest absolute Gasteiger partial charge is 0.416 e. The molecule has 222 valence electrons. The highest BCUT2D eigenvalue weighted by Crippen LogP contribution is 2.42. The standard InChI is InChI=1S/C25H19F6NO6S.C2H6/c26-17-8-15(9-19(12-17)38-24(27)28)14-4-6-22-21(10-14)32(13-18(37-22)5-7-23(33)34)39(35,36)20-3-1-2-16(11-20)25(29,30)31;1-2/h1-4,6,8-12,18,24H,5,7,13H2,(H,33,34);1-2H3. The summed E-state index contributed by atoms with van der Waals surface area (Å²) in [4.78, 5) is 10.4. The van der Waals surface area contributed by atoms with Crippen molar-refractivity contribution in [2.24, 2.45) is 0 Å². The normalized spacial score (nSPS) is 15.0. The van der Waals surface area contributed by atoms with Gasteiger partial charge >= 0.3 is 18.8 Å². The number of anilines is 1. The van der Waals surface area contributed by atoms with Crippen molar-refractivity contribution in [2.45, 2.75) is 50.5 Å². The highest BCUT2D eigenvalue weighted by atomic mass is 32.2. The summed E-state index contributed by atoms with van der Waals surface area (Å²) in [5, 5.41) is 9.03. The van der Waals surface area contributed by atoms with Crippen LogP contribution in [-0.4, -0.2) is 38.8 Å². The topological polar surface area (TPSA) is 93.1 Å². The van der Waals surface area contributed by atoms with Crippen molar-refractivity contribution in [1.82, 2.24) is 0 Å². The van der Waals surface area contributed by atoms with E-state index in [1.165, 1.54) is 18.2 Å². The molecule has 0 saturated carbocycles. The average Bonchev–Trinajstić information content (AvgIpc) is 2.91. The van der Waals surface area contributed by atoms with E-state index in [1.54, 1.807) is 0 Å². The van der Waals surface area contributed by atoms with E-state index in [0.29, 0.717) is 12.1 Å². The first-order valence-corrected chi connectivity index (χ1v) is 13.7. The number of rotatable bonds is 8. The number of carboxylic acids is 1. The quantitative estimate of drug-likeness (QED) is 0.279. The number of sulfonamides is 1. The van der Waals surface area contributed by atoms with Crippen LogP contribution in [0.15, 0.2) is 65.6 Å². The number of nitrogens with zero attached hydrogens (tertiary/aromatic N) is 1. The minimum atomic E-state index is -4.82. The lowest BCUT2D eigenvalue weighted by Crippen LogP contribution is -2.43. The Morgan fingerprint density at radius 1 is 1.07 bits per heavy atom. The van der Waals surface area contributed by atoms with Crippen LogP contribution < -0.4 is 13.8 Å². The van der Waals surface area contributed by atoms with E-state index in [4.69, 9.17) is 9.84 Å². The summed E-state index contributed by atoms with van der Waals surface area (Å²) in [6.45, 7) is 0.331. The highest BCUT2D eigenvalue weighted by Gasteiger charge is 2.37. The molecule has 3 aromatic carbocycles. The van der Waals surface area contributed by atoms with Crippen LogP contribution in [0.25, 0.3) is 11.1 Å². The fourth-order valence-electron chi connectivity index (χ4n) is 4.01. The molecule has 1 unspecified atom stereocenters. The molecule has 1 heterocycles. The van der Waals surface area contributed by atoms with Gasteiger partial charge in [-0.3, -0.25) is 9.10 Å². The van der Waals surface area contributed by atoms with Gasteiger partial charge in [0, 0.05) is 12.5 Å². The van der Waals surface area contributed by atoms with Gasteiger partial charge in [-0.05, 0) is 60.0 Å². The van der Waals surface area contributed by atoms with Crippen LogP contribution in [0.5, 0.6) is 11.5 Å². The van der Waals surface area contributed by atoms with Gasteiger partial charge in [-0.15, -0.1) is 0 Å².